The second kappa shape index (κ2) is 10.9. The fraction of sp³-hybridized carbons (Fsp3) is 0.481. The molecule has 0 bridgehead atoms. The molecule has 0 amide bonds. The zero-order chi connectivity index (χ0) is 24.2. The highest BCUT2D eigenvalue weighted by Gasteiger charge is 2.41. The summed E-state index contributed by atoms with van der Waals surface area (Å²) in [6, 6.07) is 9.17. The number of nitrogens with zero attached hydrogens (tertiary/aromatic N) is 1. The molecule has 4 rings (SSSR count). The van der Waals surface area contributed by atoms with Gasteiger partial charge in [-0.25, -0.2) is 17.6 Å². The molecule has 1 aliphatic heterocycles. The molecule has 0 spiro atoms. The van der Waals surface area contributed by atoms with Crippen LogP contribution in [0.2, 0.25) is 0 Å². The van der Waals surface area contributed by atoms with Crippen LogP contribution < -0.4 is 5.32 Å². The summed E-state index contributed by atoms with van der Waals surface area (Å²) in [4.78, 5) is 1.55. The van der Waals surface area contributed by atoms with Crippen LogP contribution in [-0.2, 0) is 6.42 Å². The number of nitrogens with one attached hydrogen (secondary N) is 1. The number of hydrogen-bond acceptors (Lipinski definition) is 2. The Morgan fingerprint density at radius 2 is 1.74 bits per heavy atom. The quantitative estimate of drug-likeness (QED) is 0.284. The van der Waals surface area contributed by atoms with Crippen LogP contribution in [0.25, 0.3) is 5.57 Å². The summed E-state index contributed by atoms with van der Waals surface area (Å²) in [5.74, 6) is -1.47. The summed E-state index contributed by atoms with van der Waals surface area (Å²) < 4.78 is 70.1. The van der Waals surface area contributed by atoms with E-state index in [1.165, 1.54) is 12.1 Å². The minimum Gasteiger partial charge on any atom is -0.385 e. The van der Waals surface area contributed by atoms with Crippen LogP contribution in [0.5, 0.6) is 0 Å². The van der Waals surface area contributed by atoms with Gasteiger partial charge in [-0.1, -0.05) is 37.1 Å². The largest absolute Gasteiger partial charge is 0.385 e. The highest BCUT2D eigenvalue weighted by atomic mass is 19.3. The van der Waals surface area contributed by atoms with Gasteiger partial charge in [0, 0.05) is 23.8 Å². The fourth-order valence-corrected chi connectivity index (χ4v) is 5.36. The Labute approximate surface area is 197 Å². The molecule has 2 aromatic rings. The maximum atomic E-state index is 15.4. The molecule has 0 aromatic heterocycles. The van der Waals surface area contributed by atoms with Crippen molar-refractivity contribution in [2.24, 2.45) is 0 Å². The van der Waals surface area contributed by atoms with E-state index in [1.54, 1.807) is 4.90 Å². The van der Waals surface area contributed by atoms with Crippen molar-refractivity contribution in [2.45, 2.75) is 64.0 Å². The van der Waals surface area contributed by atoms with Crippen molar-refractivity contribution in [1.82, 2.24) is 4.90 Å². The third kappa shape index (κ3) is 5.14. The predicted molar refractivity (Wildman–Crippen MR) is 126 cm³/mol. The van der Waals surface area contributed by atoms with Crippen molar-refractivity contribution in [3.8, 4) is 0 Å². The van der Waals surface area contributed by atoms with E-state index in [9.17, 15) is 13.2 Å². The molecule has 7 heteroatoms. The second-order valence-corrected chi connectivity index (χ2v) is 9.26. The van der Waals surface area contributed by atoms with Gasteiger partial charge in [0.25, 0.3) is 6.43 Å². The second-order valence-electron chi connectivity index (χ2n) is 9.26. The average Bonchev–Trinajstić information content (AvgIpc) is 3.15. The highest BCUT2D eigenvalue weighted by Crippen LogP contribution is 2.49. The minimum absolute atomic E-state index is 0.166. The third-order valence-corrected chi connectivity index (χ3v) is 6.93. The number of anilines is 1. The molecule has 1 heterocycles. The van der Waals surface area contributed by atoms with Gasteiger partial charge in [-0.3, -0.25) is 9.29 Å². The van der Waals surface area contributed by atoms with Crippen LogP contribution in [0, 0.1) is 11.6 Å². The Balaban J connectivity index is 1.64. The lowest BCUT2D eigenvalue weighted by atomic mass is 9.84. The Morgan fingerprint density at radius 3 is 2.44 bits per heavy atom. The zero-order valence-corrected chi connectivity index (χ0v) is 19.4. The van der Waals surface area contributed by atoms with E-state index in [2.05, 4.69) is 5.32 Å². The number of alkyl halides is 3. The van der Waals surface area contributed by atoms with Gasteiger partial charge < -0.3 is 5.32 Å². The number of fused-ring (bicyclic) bond motifs is 2. The van der Waals surface area contributed by atoms with Crippen molar-refractivity contribution in [1.29, 1.82) is 0 Å². The molecule has 2 nitrogen and oxygen atoms in total. The standard InChI is InChI=1S/C27H31F5N2/c1-17-12-21-20-9-5-4-8-18(20)13-22(21)27(34(17)16-25(31)32)26-23(29)14-19(15-24(26)30)33-11-7-3-2-6-10-28/h4-5,8-9,14-15,17,25,27,33H,2-3,6-7,10-13,16H2,1H3/t17-,27+/m1/s1. The van der Waals surface area contributed by atoms with E-state index in [0.29, 0.717) is 31.5 Å². The van der Waals surface area contributed by atoms with Gasteiger partial charge in [0.15, 0.2) is 0 Å². The molecule has 0 saturated heterocycles. The highest BCUT2D eigenvalue weighted by molar-refractivity contribution is 5.79. The van der Waals surface area contributed by atoms with Gasteiger partial charge in [0.1, 0.15) is 11.6 Å². The molecule has 34 heavy (non-hydrogen) atoms. The summed E-state index contributed by atoms with van der Waals surface area (Å²) in [5, 5.41) is 3.03. The van der Waals surface area contributed by atoms with Gasteiger partial charge in [0.05, 0.1) is 19.3 Å². The number of benzene rings is 2. The third-order valence-electron chi connectivity index (χ3n) is 6.93. The van der Waals surface area contributed by atoms with E-state index < -0.39 is 30.6 Å². The summed E-state index contributed by atoms with van der Waals surface area (Å²) in [6.45, 7) is 1.48. The van der Waals surface area contributed by atoms with E-state index in [-0.39, 0.29) is 18.3 Å². The van der Waals surface area contributed by atoms with E-state index >= 15 is 8.78 Å². The van der Waals surface area contributed by atoms with Crippen LogP contribution in [0.3, 0.4) is 0 Å². The number of unbranched alkanes of at least 4 members (excludes halogenated alkanes) is 3. The Kier molecular flexibility index (Phi) is 7.91. The molecule has 2 aromatic carbocycles. The van der Waals surface area contributed by atoms with Crippen molar-refractivity contribution in [3.63, 3.8) is 0 Å². The number of rotatable bonds is 10. The fourth-order valence-electron chi connectivity index (χ4n) is 5.36. The van der Waals surface area contributed by atoms with E-state index in [0.717, 1.165) is 41.5 Å². The van der Waals surface area contributed by atoms with Gasteiger partial charge >= 0.3 is 0 Å². The van der Waals surface area contributed by atoms with Crippen molar-refractivity contribution < 1.29 is 22.0 Å². The first-order chi connectivity index (χ1) is 16.4. The molecule has 184 valence electrons. The van der Waals surface area contributed by atoms with Crippen LogP contribution in [0.4, 0.5) is 27.6 Å². The summed E-state index contributed by atoms with van der Waals surface area (Å²) >= 11 is 0. The number of hydrogen-bond donors (Lipinski definition) is 1. The topological polar surface area (TPSA) is 15.3 Å². The average molecular weight is 479 g/mol. The van der Waals surface area contributed by atoms with Crippen molar-refractivity contribution in [2.75, 3.05) is 25.1 Å². The van der Waals surface area contributed by atoms with Crippen LogP contribution in [-0.4, -0.2) is 37.1 Å². The molecule has 2 atom stereocenters. The molecule has 0 fully saturated rings. The summed E-state index contributed by atoms with van der Waals surface area (Å²) in [5.41, 5.74) is 4.10. The Bertz CT molecular complexity index is 1010. The zero-order valence-electron chi connectivity index (χ0n) is 19.4. The molecular weight excluding hydrogens is 447 g/mol. The van der Waals surface area contributed by atoms with E-state index in [4.69, 9.17) is 0 Å². The maximum Gasteiger partial charge on any atom is 0.251 e. The first-order valence-electron chi connectivity index (χ1n) is 12.0. The monoisotopic (exact) mass is 478 g/mol. The van der Waals surface area contributed by atoms with Gasteiger partial charge in [-0.15, -0.1) is 0 Å². The number of halogens is 5. The SMILES string of the molecule is C[C@@H]1CC2=C(Cc3ccccc32)[C@@H](c2c(F)cc(NCCCCCCF)cc2F)N1CC(F)F. The normalized spacial score (nSPS) is 20.1. The van der Waals surface area contributed by atoms with Gasteiger partial charge in [-0.2, -0.15) is 0 Å². The minimum atomic E-state index is -2.61. The lowest BCUT2D eigenvalue weighted by Crippen LogP contribution is -2.44. The molecule has 0 saturated carbocycles. The predicted octanol–water partition coefficient (Wildman–Crippen LogP) is 7.32. The lowest BCUT2D eigenvalue weighted by Gasteiger charge is -2.42. The van der Waals surface area contributed by atoms with Gasteiger partial charge in [-0.05, 0) is 67.0 Å². The Morgan fingerprint density at radius 1 is 1.03 bits per heavy atom. The van der Waals surface area contributed by atoms with Crippen LogP contribution >= 0.6 is 0 Å². The molecule has 1 N–H and O–H groups in total. The smallest absolute Gasteiger partial charge is 0.251 e. The Hall–Kier alpha value is -2.41. The summed E-state index contributed by atoms with van der Waals surface area (Å²) in [7, 11) is 0. The van der Waals surface area contributed by atoms with Crippen LogP contribution in [0.15, 0.2) is 42.0 Å². The van der Waals surface area contributed by atoms with Crippen molar-refractivity contribution >= 4 is 11.3 Å². The first kappa shape index (κ1) is 24.7. The molecule has 0 unspecified atom stereocenters. The van der Waals surface area contributed by atoms with Crippen LogP contribution in [0.1, 0.15) is 61.8 Å². The molecular formula is C27H31F5N2. The van der Waals surface area contributed by atoms with Gasteiger partial charge in [0.2, 0.25) is 0 Å². The molecule has 1 aliphatic carbocycles. The van der Waals surface area contributed by atoms with Crippen molar-refractivity contribution in [3.05, 3.63) is 70.3 Å². The maximum absolute atomic E-state index is 15.4. The lowest BCUT2D eigenvalue weighted by molar-refractivity contribution is 0.0464. The summed E-state index contributed by atoms with van der Waals surface area (Å²) in [6.07, 6.45) is 1.36. The first-order valence-corrected chi connectivity index (χ1v) is 12.0. The molecule has 2 aliphatic rings. The molecule has 0 radical (unpaired) electrons. The van der Waals surface area contributed by atoms with E-state index in [1.807, 2.05) is 31.2 Å².